The molecule has 0 amide bonds. The monoisotopic (exact) mass is 226 g/mol. The predicted octanol–water partition coefficient (Wildman–Crippen LogP) is 3.15. The Morgan fingerprint density at radius 1 is 1.24 bits per heavy atom. The van der Waals surface area contributed by atoms with Crippen LogP contribution in [-0.4, -0.2) is 11.1 Å². The molecule has 2 rings (SSSR count). The van der Waals surface area contributed by atoms with Crippen LogP contribution in [0.2, 0.25) is 0 Å². The summed E-state index contributed by atoms with van der Waals surface area (Å²) in [5.74, 6) is -1.55. The van der Waals surface area contributed by atoms with E-state index >= 15 is 0 Å². The maximum Gasteiger partial charge on any atom is 0.311 e. The highest BCUT2D eigenvalue weighted by atomic mass is 16.4. The summed E-state index contributed by atoms with van der Waals surface area (Å²) in [6.07, 6.45) is 7.51. The molecule has 1 aliphatic carbocycles. The van der Waals surface area contributed by atoms with E-state index in [0.717, 1.165) is 11.1 Å². The van der Waals surface area contributed by atoms with Crippen LogP contribution in [0, 0.1) is 5.92 Å². The second kappa shape index (κ2) is 4.83. The van der Waals surface area contributed by atoms with Gasteiger partial charge in [-0.2, -0.15) is 0 Å². The fraction of sp³-hybridized carbons (Fsp3) is 0.133. The zero-order valence-corrected chi connectivity index (χ0v) is 9.41. The molecule has 0 fully saturated rings. The van der Waals surface area contributed by atoms with Crippen LogP contribution in [-0.2, 0) is 4.79 Å². The number of carboxylic acid groups (broad SMARTS) is 1. The van der Waals surface area contributed by atoms with Gasteiger partial charge in [-0.25, -0.2) is 0 Å². The lowest BCUT2D eigenvalue weighted by atomic mass is 9.80. The minimum atomic E-state index is -0.817. The maximum absolute atomic E-state index is 11.4. The lowest BCUT2D eigenvalue weighted by Crippen LogP contribution is -2.21. The van der Waals surface area contributed by atoms with E-state index in [2.05, 4.69) is 6.58 Å². The first-order valence-corrected chi connectivity index (χ1v) is 5.51. The lowest BCUT2D eigenvalue weighted by molar-refractivity contribution is -0.139. The van der Waals surface area contributed by atoms with E-state index in [4.69, 9.17) is 0 Å². The minimum absolute atomic E-state index is 0.167. The highest BCUT2D eigenvalue weighted by molar-refractivity contribution is 5.78. The van der Waals surface area contributed by atoms with Gasteiger partial charge in [0.1, 0.15) is 0 Å². The van der Waals surface area contributed by atoms with E-state index < -0.39 is 11.9 Å². The molecule has 1 aromatic carbocycles. The third-order valence-corrected chi connectivity index (χ3v) is 2.95. The SMILES string of the molecule is C=C1C=CC=CC1C(C(=O)O)c1ccccc1. The van der Waals surface area contributed by atoms with Crippen LogP contribution in [0.1, 0.15) is 11.5 Å². The molecule has 2 unspecified atom stereocenters. The molecule has 0 aliphatic heterocycles. The Bertz CT molecular complexity index is 483. The summed E-state index contributed by atoms with van der Waals surface area (Å²) in [7, 11) is 0. The molecular weight excluding hydrogens is 212 g/mol. The van der Waals surface area contributed by atoms with Crippen molar-refractivity contribution in [2.24, 2.45) is 5.92 Å². The quantitative estimate of drug-likeness (QED) is 0.859. The average molecular weight is 226 g/mol. The van der Waals surface area contributed by atoms with E-state index in [1.807, 2.05) is 54.6 Å². The Hall–Kier alpha value is -2.09. The van der Waals surface area contributed by atoms with Crippen molar-refractivity contribution < 1.29 is 9.90 Å². The third kappa shape index (κ3) is 2.36. The Morgan fingerprint density at radius 2 is 1.94 bits per heavy atom. The zero-order chi connectivity index (χ0) is 12.3. The number of rotatable bonds is 3. The van der Waals surface area contributed by atoms with Crippen molar-refractivity contribution in [3.05, 3.63) is 72.4 Å². The number of aliphatic carboxylic acids is 1. The summed E-state index contributed by atoms with van der Waals surface area (Å²) >= 11 is 0. The van der Waals surface area contributed by atoms with Crippen molar-refractivity contribution in [1.82, 2.24) is 0 Å². The Labute approximate surface area is 101 Å². The highest BCUT2D eigenvalue weighted by Crippen LogP contribution is 2.33. The van der Waals surface area contributed by atoms with Crippen LogP contribution in [0.3, 0.4) is 0 Å². The smallest absolute Gasteiger partial charge is 0.311 e. The van der Waals surface area contributed by atoms with Crippen molar-refractivity contribution >= 4 is 5.97 Å². The van der Waals surface area contributed by atoms with Crippen LogP contribution >= 0.6 is 0 Å². The Balaban J connectivity index is 2.37. The van der Waals surface area contributed by atoms with Gasteiger partial charge in [-0.3, -0.25) is 4.79 Å². The van der Waals surface area contributed by atoms with Crippen molar-refractivity contribution in [1.29, 1.82) is 0 Å². The van der Waals surface area contributed by atoms with Crippen LogP contribution in [0.5, 0.6) is 0 Å². The summed E-state index contributed by atoms with van der Waals surface area (Å²) in [4.78, 5) is 11.4. The molecule has 0 bridgehead atoms. The molecule has 0 saturated carbocycles. The second-order valence-electron chi connectivity index (χ2n) is 4.07. The van der Waals surface area contributed by atoms with Crippen molar-refractivity contribution in [2.45, 2.75) is 5.92 Å². The molecule has 2 heteroatoms. The van der Waals surface area contributed by atoms with E-state index in [1.54, 1.807) is 0 Å². The van der Waals surface area contributed by atoms with Gasteiger partial charge in [-0.05, 0) is 11.1 Å². The molecule has 0 spiro atoms. The molecule has 0 radical (unpaired) electrons. The van der Waals surface area contributed by atoms with Crippen LogP contribution in [0.15, 0.2) is 66.8 Å². The molecule has 2 nitrogen and oxygen atoms in total. The number of carbonyl (C=O) groups is 1. The molecule has 0 saturated heterocycles. The molecule has 0 heterocycles. The van der Waals surface area contributed by atoms with Gasteiger partial charge in [0.2, 0.25) is 0 Å². The molecule has 1 N–H and O–H groups in total. The standard InChI is InChI=1S/C15H14O2/c1-11-7-5-6-10-13(11)14(15(16)17)12-8-3-2-4-9-12/h2-10,13-14H,1H2,(H,16,17). The average Bonchev–Trinajstić information content (AvgIpc) is 2.33. The first kappa shape index (κ1) is 11.4. The van der Waals surface area contributed by atoms with Gasteiger partial charge in [0, 0.05) is 5.92 Å². The Morgan fingerprint density at radius 3 is 2.53 bits per heavy atom. The number of hydrogen-bond donors (Lipinski definition) is 1. The molecule has 86 valence electrons. The number of carboxylic acids is 1. The largest absolute Gasteiger partial charge is 0.481 e. The number of hydrogen-bond acceptors (Lipinski definition) is 1. The maximum atomic E-state index is 11.4. The summed E-state index contributed by atoms with van der Waals surface area (Å²) < 4.78 is 0. The van der Waals surface area contributed by atoms with Crippen LogP contribution in [0.25, 0.3) is 0 Å². The first-order valence-electron chi connectivity index (χ1n) is 5.51. The fourth-order valence-corrected chi connectivity index (χ4v) is 2.09. The van der Waals surface area contributed by atoms with Gasteiger partial charge >= 0.3 is 5.97 Å². The Kier molecular flexibility index (Phi) is 3.24. The number of allylic oxidation sites excluding steroid dienone is 5. The van der Waals surface area contributed by atoms with E-state index in [-0.39, 0.29) is 5.92 Å². The summed E-state index contributed by atoms with van der Waals surface area (Å²) in [6.45, 7) is 3.92. The predicted molar refractivity (Wildman–Crippen MR) is 67.7 cm³/mol. The summed E-state index contributed by atoms with van der Waals surface area (Å²) in [5.41, 5.74) is 1.65. The highest BCUT2D eigenvalue weighted by Gasteiger charge is 2.29. The van der Waals surface area contributed by atoms with Crippen molar-refractivity contribution in [2.75, 3.05) is 0 Å². The second-order valence-corrected chi connectivity index (χ2v) is 4.07. The van der Waals surface area contributed by atoms with Gasteiger partial charge in [0.15, 0.2) is 0 Å². The van der Waals surface area contributed by atoms with E-state index in [0.29, 0.717) is 0 Å². The lowest BCUT2D eigenvalue weighted by Gasteiger charge is -2.23. The van der Waals surface area contributed by atoms with Gasteiger partial charge in [-0.15, -0.1) is 0 Å². The van der Waals surface area contributed by atoms with Crippen molar-refractivity contribution in [3.8, 4) is 0 Å². The number of benzene rings is 1. The molecular formula is C15H14O2. The minimum Gasteiger partial charge on any atom is -0.481 e. The van der Waals surface area contributed by atoms with Gasteiger partial charge < -0.3 is 5.11 Å². The van der Waals surface area contributed by atoms with Crippen molar-refractivity contribution in [3.63, 3.8) is 0 Å². The normalized spacial score (nSPS) is 20.2. The fourth-order valence-electron chi connectivity index (χ4n) is 2.09. The zero-order valence-electron chi connectivity index (χ0n) is 9.41. The summed E-state index contributed by atoms with van der Waals surface area (Å²) in [5, 5.41) is 9.40. The van der Waals surface area contributed by atoms with Gasteiger partial charge in [0.25, 0.3) is 0 Å². The topological polar surface area (TPSA) is 37.3 Å². The van der Waals surface area contributed by atoms with Gasteiger partial charge in [-0.1, -0.05) is 61.2 Å². The molecule has 0 aromatic heterocycles. The molecule has 17 heavy (non-hydrogen) atoms. The van der Waals surface area contributed by atoms with Crippen LogP contribution < -0.4 is 0 Å². The third-order valence-electron chi connectivity index (χ3n) is 2.95. The van der Waals surface area contributed by atoms with Crippen LogP contribution in [0.4, 0.5) is 0 Å². The molecule has 1 aliphatic rings. The van der Waals surface area contributed by atoms with E-state index in [9.17, 15) is 9.90 Å². The van der Waals surface area contributed by atoms with Gasteiger partial charge in [0.05, 0.1) is 5.92 Å². The molecule has 1 aromatic rings. The summed E-state index contributed by atoms with van der Waals surface area (Å²) in [6, 6.07) is 9.29. The van der Waals surface area contributed by atoms with E-state index in [1.165, 1.54) is 0 Å². The molecule has 2 atom stereocenters. The first-order chi connectivity index (χ1) is 8.20.